The van der Waals surface area contributed by atoms with Crippen molar-refractivity contribution in [2.75, 3.05) is 19.6 Å². The third kappa shape index (κ3) is 3.84. The lowest BCUT2D eigenvalue weighted by Crippen LogP contribution is -2.45. The minimum Gasteiger partial charge on any atom is -0.460 e. The van der Waals surface area contributed by atoms with Crippen LogP contribution in [0.2, 0.25) is 0 Å². The number of aromatic nitrogens is 2. The molecule has 2 aliphatic heterocycles. The lowest BCUT2D eigenvalue weighted by molar-refractivity contribution is -0.130. The summed E-state index contributed by atoms with van der Waals surface area (Å²) in [6.07, 6.45) is 5.56. The molecule has 0 saturated carbocycles. The van der Waals surface area contributed by atoms with Crippen molar-refractivity contribution in [3.8, 4) is 10.9 Å². The molecule has 7 nitrogen and oxygen atoms in total. The van der Waals surface area contributed by atoms with E-state index in [1.165, 1.54) is 11.3 Å². The summed E-state index contributed by atoms with van der Waals surface area (Å²) in [6.45, 7) is 3.71. The van der Waals surface area contributed by atoms with Gasteiger partial charge in [0.05, 0.1) is 11.2 Å². The number of ether oxygens (including phenoxy) is 1. The van der Waals surface area contributed by atoms with Crippen LogP contribution in [0.3, 0.4) is 0 Å². The molecule has 5 heterocycles. The van der Waals surface area contributed by atoms with Gasteiger partial charge in [-0.05, 0) is 55.7 Å². The molecule has 0 spiro atoms. The fourth-order valence-corrected chi connectivity index (χ4v) is 5.57. The van der Waals surface area contributed by atoms with E-state index < -0.39 is 0 Å². The fourth-order valence-electron chi connectivity index (χ4n) is 4.78. The lowest BCUT2D eigenvalue weighted by atomic mass is 10.0. The average Bonchev–Trinajstić information content (AvgIpc) is 3.51. The van der Waals surface area contributed by atoms with Crippen LogP contribution in [-0.2, 0) is 11.3 Å². The monoisotopic (exact) mass is 448 g/mol. The first-order valence-electron chi connectivity index (χ1n) is 11.1. The molecule has 4 aromatic rings. The van der Waals surface area contributed by atoms with Gasteiger partial charge in [0.1, 0.15) is 17.1 Å². The number of pyridine rings is 1. The van der Waals surface area contributed by atoms with Crippen molar-refractivity contribution in [1.29, 1.82) is 0 Å². The van der Waals surface area contributed by atoms with Crippen LogP contribution in [0.25, 0.3) is 21.3 Å². The van der Waals surface area contributed by atoms with Crippen molar-refractivity contribution in [2.24, 2.45) is 0 Å². The zero-order chi connectivity index (χ0) is 21.5. The molecular formula is C24H24N4O3S. The highest BCUT2D eigenvalue weighted by Crippen LogP contribution is 2.33. The van der Waals surface area contributed by atoms with Gasteiger partial charge >= 0.3 is 0 Å². The molecule has 0 bridgehead atoms. The van der Waals surface area contributed by atoms with Crippen molar-refractivity contribution in [2.45, 2.75) is 38.3 Å². The Balaban J connectivity index is 1.11. The Kier molecular flexibility index (Phi) is 5.04. The number of rotatable bonds is 5. The van der Waals surface area contributed by atoms with E-state index >= 15 is 0 Å². The number of amides is 1. The summed E-state index contributed by atoms with van der Waals surface area (Å²) in [5, 5.41) is 1.61. The molecule has 2 aliphatic rings. The highest BCUT2D eigenvalue weighted by atomic mass is 32.1. The van der Waals surface area contributed by atoms with Crippen molar-refractivity contribution in [3.63, 3.8) is 0 Å². The minimum atomic E-state index is 0.334. The summed E-state index contributed by atoms with van der Waals surface area (Å²) in [7, 11) is 0. The van der Waals surface area contributed by atoms with Gasteiger partial charge in [0.2, 0.25) is 5.91 Å². The van der Waals surface area contributed by atoms with Crippen LogP contribution in [0.15, 0.2) is 47.0 Å². The molecule has 0 unspecified atom stereocenters. The molecular weight excluding hydrogens is 424 g/mol. The van der Waals surface area contributed by atoms with Crippen LogP contribution in [-0.4, -0.2) is 51.4 Å². The first kappa shape index (κ1) is 19.7. The second-order valence-electron chi connectivity index (χ2n) is 8.52. The van der Waals surface area contributed by atoms with Crippen molar-refractivity contribution in [1.82, 2.24) is 19.8 Å². The molecule has 164 valence electrons. The standard InChI is InChI=1S/C24H24N4O3S/c29-22-4-2-10-28(22)17-7-11-27(12-8-17)15-19-14-16-13-18(5-6-20(16)30-19)31-24-26-23-21(32-24)3-1-9-25-23/h1,3,5-6,9,13-14,17H,2,4,7-8,10-12,15H2. The maximum Gasteiger partial charge on any atom is 0.281 e. The highest BCUT2D eigenvalue weighted by Gasteiger charge is 2.30. The number of carbonyl (C=O) groups is 1. The van der Waals surface area contributed by atoms with Crippen LogP contribution in [0, 0.1) is 0 Å². The zero-order valence-corrected chi connectivity index (χ0v) is 18.5. The Labute approximate surface area is 189 Å². The van der Waals surface area contributed by atoms with E-state index in [0.29, 0.717) is 22.8 Å². The zero-order valence-electron chi connectivity index (χ0n) is 17.7. The van der Waals surface area contributed by atoms with Crippen molar-refractivity contribution < 1.29 is 13.9 Å². The molecule has 1 aromatic carbocycles. The van der Waals surface area contributed by atoms with E-state index in [1.54, 1.807) is 6.20 Å². The largest absolute Gasteiger partial charge is 0.460 e. The second-order valence-corrected chi connectivity index (χ2v) is 9.51. The summed E-state index contributed by atoms with van der Waals surface area (Å²) < 4.78 is 13.1. The predicted molar refractivity (Wildman–Crippen MR) is 123 cm³/mol. The number of furan rings is 1. The Hall–Kier alpha value is -2.97. The molecule has 8 heteroatoms. The van der Waals surface area contributed by atoms with Gasteiger partial charge in [0.25, 0.3) is 5.19 Å². The Bertz CT molecular complexity index is 1240. The molecule has 6 rings (SSSR count). The van der Waals surface area contributed by atoms with Crippen molar-refractivity contribution in [3.05, 3.63) is 48.4 Å². The predicted octanol–water partition coefficient (Wildman–Crippen LogP) is 4.82. The van der Waals surface area contributed by atoms with E-state index in [1.807, 2.05) is 30.3 Å². The van der Waals surface area contributed by atoms with Crippen LogP contribution >= 0.6 is 11.3 Å². The topological polar surface area (TPSA) is 71.7 Å². The molecule has 0 N–H and O–H groups in total. The van der Waals surface area contributed by atoms with Crippen LogP contribution in [0.5, 0.6) is 10.9 Å². The summed E-state index contributed by atoms with van der Waals surface area (Å²) in [5.41, 5.74) is 1.56. The van der Waals surface area contributed by atoms with E-state index in [9.17, 15) is 4.79 Å². The van der Waals surface area contributed by atoms with Crippen LogP contribution in [0.1, 0.15) is 31.4 Å². The number of piperidine rings is 1. The third-order valence-corrected chi connectivity index (χ3v) is 7.26. The van der Waals surface area contributed by atoms with Gasteiger partial charge in [-0.15, -0.1) is 0 Å². The smallest absolute Gasteiger partial charge is 0.281 e. The normalized spacial score (nSPS) is 18.2. The number of thiazole rings is 1. The molecule has 2 saturated heterocycles. The quantitative estimate of drug-likeness (QED) is 0.436. The first-order valence-corrected chi connectivity index (χ1v) is 12.0. The molecule has 0 radical (unpaired) electrons. The fraction of sp³-hybridized carbons (Fsp3) is 0.375. The number of hydrogen-bond acceptors (Lipinski definition) is 7. The number of nitrogens with zero attached hydrogens (tertiary/aromatic N) is 4. The molecule has 0 atom stereocenters. The maximum absolute atomic E-state index is 12.0. The van der Waals surface area contributed by atoms with Gasteiger partial charge in [-0.3, -0.25) is 9.69 Å². The summed E-state index contributed by atoms with van der Waals surface area (Å²) >= 11 is 1.48. The number of benzene rings is 1. The van der Waals surface area contributed by atoms with Crippen LogP contribution < -0.4 is 4.74 Å². The highest BCUT2D eigenvalue weighted by molar-refractivity contribution is 7.20. The molecule has 0 aliphatic carbocycles. The van der Waals surface area contributed by atoms with E-state index in [2.05, 4.69) is 25.8 Å². The van der Waals surface area contributed by atoms with Gasteiger partial charge in [0, 0.05) is 43.7 Å². The van der Waals surface area contributed by atoms with Gasteiger partial charge < -0.3 is 14.1 Å². The number of fused-ring (bicyclic) bond motifs is 2. The summed E-state index contributed by atoms with van der Waals surface area (Å²) in [4.78, 5) is 25.2. The molecule has 1 amide bonds. The molecule has 2 fully saturated rings. The Morgan fingerprint density at radius 1 is 1.16 bits per heavy atom. The minimum absolute atomic E-state index is 0.334. The van der Waals surface area contributed by atoms with Crippen molar-refractivity contribution >= 4 is 38.6 Å². The number of hydrogen-bond donors (Lipinski definition) is 0. The average molecular weight is 449 g/mol. The Morgan fingerprint density at radius 2 is 2.06 bits per heavy atom. The Morgan fingerprint density at radius 3 is 2.88 bits per heavy atom. The third-order valence-electron chi connectivity index (χ3n) is 6.38. The molecule has 32 heavy (non-hydrogen) atoms. The van der Waals surface area contributed by atoms with Gasteiger partial charge in [-0.2, -0.15) is 4.98 Å². The van der Waals surface area contributed by atoms with E-state index in [-0.39, 0.29) is 0 Å². The van der Waals surface area contributed by atoms with E-state index in [4.69, 9.17) is 9.15 Å². The summed E-state index contributed by atoms with van der Waals surface area (Å²) in [6, 6.07) is 12.3. The SMILES string of the molecule is O=C1CCCN1C1CCN(Cc2cc3cc(Oc4nc5ncccc5s4)ccc3o2)CC1. The lowest BCUT2D eigenvalue weighted by Gasteiger charge is -2.36. The molecule has 3 aromatic heterocycles. The van der Waals surface area contributed by atoms with Gasteiger partial charge in [0.15, 0.2) is 5.65 Å². The maximum atomic E-state index is 12.0. The van der Waals surface area contributed by atoms with E-state index in [0.717, 1.165) is 79.0 Å². The van der Waals surface area contributed by atoms with Gasteiger partial charge in [-0.25, -0.2) is 4.98 Å². The second kappa shape index (κ2) is 8.18. The number of likely N-dealkylation sites (tertiary alicyclic amines) is 2. The summed E-state index contributed by atoms with van der Waals surface area (Å²) in [5.74, 6) is 2.03. The number of carbonyl (C=O) groups excluding carboxylic acids is 1. The first-order chi connectivity index (χ1) is 15.7. The van der Waals surface area contributed by atoms with Gasteiger partial charge in [-0.1, -0.05) is 11.3 Å². The van der Waals surface area contributed by atoms with Crippen LogP contribution in [0.4, 0.5) is 0 Å².